The van der Waals surface area contributed by atoms with Crippen LogP contribution in [0.1, 0.15) is 12.0 Å². The molecule has 2 N–H and O–H groups in total. The zero-order chi connectivity index (χ0) is 12.7. The molecule has 0 saturated heterocycles. The molecule has 17 heavy (non-hydrogen) atoms. The first-order valence-electron chi connectivity index (χ1n) is 5.76. The highest BCUT2D eigenvalue weighted by molar-refractivity contribution is 5.47. The third-order valence-corrected chi connectivity index (χ3v) is 2.57. The molecule has 1 aromatic carbocycles. The first-order chi connectivity index (χ1) is 8.15. The summed E-state index contributed by atoms with van der Waals surface area (Å²) < 4.78 is 10.2. The fourth-order valence-corrected chi connectivity index (χ4v) is 1.76. The number of hydrogen-bond donors (Lipinski definition) is 1. The summed E-state index contributed by atoms with van der Waals surface area (Å²) in [7, 11) is 5.47. The van der Waals surface area contributed by atoms with Gasteiger partial charge in [-0.3, -0.25) is 0 Å². The Morgan fingerprint density at radius 3 is 2.65 bits per heavy atom. The first-order valence-corrected chi connectivity index (χ1v) is 5.76. The quantitative estimate of drug-likeness (QED) is 0.580. The van der Waals surface area contributed by atoms with E-state index in [1.54, 1.807) is 14.2 Å². The van der Waals surface area contributed by atoms with E-state index in [9.17, 15) is 0 Å². The van der Waals surface area contributed by atoms with Crippen LogP contribution in [0.5, 0.6) is 5.75 Å². The Bertz CT molecular complexity index is 342. The summed E-state index contributed by atoms with van der Waals surface area (Å²) >= 11 is 0. The molecule has 0 amide bonds. The van der Waals surface area contributed by atoms with Crippen LogP contribution in [0, 0.1) is 0 Å². The molecule has 0 atom stereocenters. The predicted octanol–water partition coefficient (Wildman–Crippen LogP) is 1.75. The average molecular weight is 238 g/mol. The number of nitrogens with two attached hydrogens (primary N) is 1. The molecule has 1 rings (SSSR count). The Morgan fingerprint density at radius 2 is 2.00 bits per heavy atom. The van der Waals surface area contributed by atoms with Crippen molar-refractivity contribution in [3.8, 4) is 5.75 Å². The van der Waals surface area contributed by atoms with Crippen molar-refractivity contribution < 1.29 is 9.47 Å². The van der Waals surface area contributed by atoms with Crippen molar-refractivity contribution >= 4 is 5.69 Å². The maximum absolute atomic E-state index is 5.81. The maximum Gasteiger partial charge on any atom is 0.121 e. The molecule has 0 aliphatic carbocycles. The van der Waals surface area contributed by atoms with Crippen LogP contribution in [0.25, 0.3) is 0 Å². The summed E-state index contributed by atoms with van der Waals surface area (Å²) in [5.41, 5.74) is 7.72. The Kier molecular flexibility index (Phi) is 5.80. The molecule has 1 aromatic rings. The zero-order valence-corrected chi connectivity index (χ0v) is 10.9. The van der Waals surface area contributed by atoms with E-state index in [4.69, 9.17) is 15.2 Å². The third kappa shape index (κ3) is 5.06. The molecule has 0 aromatic heterocycles. The molecule has 0 fully saturated rings. The molecule has 0 heterocycles. The van der Waals surface area contributed by atoms with E-state index in [0.29, 0.717) is 0 Å². The van der Waals surface area contributed by atoms with Gasteiger partial charge < -0.3 is 20.1 Å². The minimum absolute atomic E-state index is 0.740. The van der Waals surface area contributed by atoms with Crippen molar-refractivity contribution in [3.05, 3.63) is 23.8 Å². The lowest BCUT2D eigenvalue weighted by atomic mass is 10.1. The molecule has 4 nitrogen and oxygen atoms in total. The summed E-state index contributed by atoms with van der Waals surface area (Å²) in [6.07, 6.45) is 1.03. The molecular weight excluding hydrogens is 216 g/mol. The van der Waals surface area contributed by atoms with Gasteiger partial charge in [-0.1, -0.05) is 0 Å². The summed E-state index contributed by atoms with van der Waals surface area (Å²) in [6, 6.07) is 5.83. The third-order valence-electron chi connectivity index (χ3n) is 2.57. The molecule has 96 valence electrons. The van der Waals surface area contributed by atoms with Crippen LogP contribution in [-0.2, 0) is 11.3 Å². The average Bonchev–Trinajstić information content (AvgIpc) is 2.28. The van der Waals surface area contributed by atoms with Crippen molar-refractivity contribution in [2.24, 2.45) is 0 Å². The van der Waals surface area contributed by atoms with Crippen molar-refractivity contribution in [1.82, 2.24) is 4.90 Å². The van der Waals surface area contributed by atoms with Gasteiger partial charge in [-0.15, -0.1) is 0 Å². The first kappa shape index (κ1) is 13.8. The number of ether oxygens (including phenoxy) is 2. The van der Waals surface area contributed by atoms with E-state index in [1.165, 1.54) is 5.56 Å². The second-order valence-electron chi connectivity index (χ2n) is 4.20. The molecule has 4 heteroatoms. The number of rotatable bonds is 7. The van der Waals surface area contributed by atoms with Crippen LogP contribution in [0.3, 0.4) is 0 Å². The topological polar surface area (TPSA) is 47.7 Å². The van der Waals surface area contributed by atoms with E-state index in [-0.39, 0.29) is 0 Å². The second kappa shape index (κ2) is 7.14. The Balaban J connectivity index is 2.52. The number of methoxy groups -OCH3 is 2. The van der Waals surface area contributed by atoms with Crippen LogP contribution in [0.2, 0.25) is 0 Å². The van der Waals surface area contributed by atoms with Gasteiger partial charge in [0.25, 0.3) is 0 Å². The van der Waals surface area contributed by atoms with Crippen molar-refractivity contribution in [3.63, 3.8) is 0 Å². The van der Waals surface area contributed by atoms with Crippen molar-refractivity contribution in [2.45, 2.75) is 13.0 Å². The molecule has 0 aliphatic heterocycles. The lowest BCUT2D eigenvalue weighted by molar-refractivity contribution is 0.178. The normalized spacial score (nSPS) is 10.8. The second-order valence-corrected chi connectivity index (χ2v) is 4.20. The van der Waals surface area contributed by atoms with Crippen molar-refractivity contribution in [2.75, 3.05) is 40.2 Å². The molecule has 0 bridgehead atoms. The van der Waals surface area contributed by atoms with Gasteiger partial charge in [0.1, 0.15) is 5.75 Å². The Labute approximate surface area is 103 Å². The molecule has 0 unspecified atom stereocenters. The van der Waals surface area contributed by atoms with Crippen LogP contribution in [0.4, 0.5) is 5.69 Å². The summed E-state index contributed by atoms with van der Waals surface area (Å²) in [5.74, 6) is 0.810. The monoisotopic (exact) mass is 238 g/mol. The highest BCUT2D eigenvalue weighted by Crippen LogP contribution is 2.19. The van der Waals surface area contributed by atoms with Gasteiger partial charge in [0.2, 0.25) is 0 Å². The van der Waals surface area contributed by atoms with Crippen LogP contribution < -0.4 is 10.5 Å². The maximum atomic E-state index is 5.81. The number of nitrogens with zero attached hydrogens (tertiary/aromatic N) is 1. The number of hydrogen-bond acceptors (Lipinski definition) is 4. The van der Waals surface area contributed by atoms with Gasteiger partial charge >= 0.3 is 0 Å². The smallest absolute Gasteiger partial charge is 0.121 e. The molecule has 0 saturated carbocycles. The van der Waals surface area contributed by atoms with E-state index in [0.717, 1.165) is 37.6 Å². The lowest BCUT2D eigenvalue weighted by Gasteiger charge is -2.17. The van der Waals surface area contributed by atoms with Crippen LogP contribution in [-0.4, -0.2) is 39.3 Å². The predicted molar refractivity (Wildman–Crippen MR) is 70.2 cm³/mol. The molecular formula is C13H22N2O2. The lowest BCUT2D eigenvalue weighted by Crippen LogP contribution is -2.20. The number of nitrogen functional groups attached to an aromatic ring is 1. The molecule has 0 aliphatic rings. The number of benzene rings is 1. The standard InChI is InChI=1S/C13H22N2O2/c1-15(5-4-6-16-2)10-11-7-12(14)9-13(8-11)17-3/h7-9H,4-6,10,14H2,1-3H3. The SMILES string of the molecule is COCCCN(C)Cc1cc(N)cc(OC)c1. The van der Waals surface area contributed by atoms with Crippen LogP contribution >= 0.6 is 0 Å². The van der Waals surface area contributed by atoms with Crippen molar-refractivity contribution in [1.29, 1.82) is 0 Å². The highest BCUT2D eigenvalue weighted by Gasteiger charge is 2.03. The largest absolute Gasteiger partial charge is 0.497 e. The van der Waals surface area contributed by atoms with E-state index in [1.807, 2.05) is 18.2 Å². The summed E-state index contributed by atoms with van der Waals surface area (Å²) in [4.78, 5) is 2.24. The van der Waals surface area contributed by atoms with Crippen LogP contribution in [0.15, 0.2) is 18.2 Å². The van der Waals surface area contributed by atoms with Gasteiger partial charge in [0.15, 0.2) is 0 Å². The minimum atomic E-state index is 0.740. The highest BCUT2D eigenvalue weighted by atomic mass is 16.5. The van der Waals surface area contributed by atoms with E-state index in [2.05, 4.69) is 11.9 Å². The molecule has 0 spiro atoms. The van der Waals surface area contributed by atoms with E-state index < -0.39 is 0 Å². The van der Waals surface area contributed by atoms with Gasteiger partial charge in [-0.25, -0.2) is 0 Å². The summed E-state index contributed by atoms with van der Waals surface area (Å²) in [5, 5.41) is 0. The van der Waals surface area contributed by atoms with Gasteiger partial charge in [-0.2, -0.15) is 0 Å². The fraction of sp³-hybridized carbons (Fsp3) is 0.538. The number of anilines is 1. The Hall–Kier alpha value is -1.26. The van der Waals surface area contributed by atoms with Gasteiger partial charge in [0, 0.05) is 38.6 Å². The zero-order valence-electron chi connectivity index (χ0n) is 10.9. The van der Waals surface area contributed by atoms with Gasteiger partial charge in [0.05, 0.1) is 7.11 Å². The minimum Gasteiger partial charge on any atom is -0.497 e. The molecule has 0 radical (unpaired) electrons. The van der Waals surface area contributed by atoms with Gasteiger partial charge in [-0.05, 0) is 31.2 Å². The Morgan fingerprint density at radius 1 is 1.24 bits per heavy atom. The summed E-state index contributed by atoms with van der Waals surface area (Å²) in [6.45, 7) is 2.67. The van der Waals surface area contributed by atoms with E-state index >= 15 is 0 Å². The fourth-order valence-electron chi connectivity index (χ4n) is 1.76.